The van der Waals surface area contributed by atoms with Crippen LogP contribution in [0.5, 0.6) is 5.75 Å². The van der Waals surface area contributed by atoms with Crippen LogP contribution in [0, 0.1) is 15.2 Å². The van der Waals surface area contributed by atoms with Crippen LogP contribution in [0.25, 0.3) is 5.57 Å². The predicted molar refractivity (Wildman–Crippen MR) is 127 cm³/mol. The molecule has 4 rings (SSSR count). The third-order valence-corrected chi connectivity index (χ3v) is 16.5. The summed E-state index contributed by atoms with van der Waals surface area (Å²) in [6.07, 6.45) is 0. The summed E-state index contributed by atoms with van der Waals surface area (Å²) in [6, 6.07) is 15.8. The van der Waals surface area contributed by atoms with Gasteiger partial charge >= 0.3 is 200 Å². The van der Waals surface area contributed by atoms with E-state index in [1.165, 1.54) is 3.57 Å². The van der Waals surface area contributed by atoms with Crippen LogP contribution in [0.3, 0.4) is 0 Å². The van der Waals surface area contributed by atoms with Crippen LogP contribution in [0.4, 0.5) is 8.78 Å². The van der Waals surface area contributed by atoms with Crippen molar-refractivity contribution in [3.8, 4) is 5.75 Å². The molecule has 0 aliphatic carbocycles. The fraction of sp³-hybridized carbons (Fsp3) is 0.0455. The van der Waals surface area contributed by atoms with E-state index < -0.39 is 38.2 Å². The minimum atomic E-state index is -4.07. The van der Waals surface area contributed by atoms with E-state index in [0.29, 0.717) is 11.3 Å². The molecule has 0 radical (unpaired) electrons. The summed E-state index contributed by atoms with van der Waals surface area (Å²) in [5.74, 6) is -1.60. The van der Waals surface area contributed by atoms with Gasteiger partial charge in [-0.2, -0.15) is 0 Å². The molecule has 1 aliphatic heterocycles. The van der Waals surface area contributed by atoms with Crippen LogP contribution in [0.2, 0.25) is 0 Å². The Balaban J connectivity index is 2.05. The van der Waals surface area contributed by atoms with Crippen molar-refractivity contribution in [2.75, 3.05) is 7.11 Å². The topological polar surface area (TPSA) is 43.4 Å². The zero-order valence-corrected chi connectivity index (χ0v) is 22.4. The van der Waals surface area contributed by atoms with Gasteiger partial charge in [0.1, 0.15) is 0 Å². The monoisotopic (exact) mass is 683 g/mol. The van der Waals surface area contributed by atoms with Gasteiger partial charge in [0.25, 0.3) is 0 Å². The summed E-state index contributed by atoms with van der Waals surface area (Å²) in [5.41, 5.74) is 2.19. The number of allylic oxidation sites excluding steroid dienone is 1. The molecule has 9 heteroatoms. The first-order chi connectivity index (χ1) is 14.8. The number of rotatable bonds is 4. The number of benzene rings is 3. The third-order valence-electron chi connectivity index (χ3n) is 4.67. The third kappa shape index (κ3) is 4.49. The Morgan fingerprint density at radius 2 is 1.74 bits per heavy atom. The van der Waals surface area contributed by atoms with Gasteiger partial charge in [-0.1, -0.05) is 0 Å². The van der Waals surface area contributed by atoms with Gasteiger partial charge in [0.05, 0.1) is 0 Å². The van der Waals surface area contributed by atoms with E-state index in [2.05, 4.69) is 9.24 Å². The van der Waals surface area contributed by atoms with Crippen molar-refractivity contribution < 1.29 is 39.2 Å². The summed E-state index contributed by atoms with van der Waals surface area (Å²) in [4.78, 5) is -0.0955. The van der Waals surface area contributed by atoms with Crippen molar-refractivity contribution >= 4 is 50.7 Å². The van der Waals surface area contributed by atoms with Crippen LogP contribution < -0.4 is 27.3 Å². The van der Waals surface area contributed by atoms with E-state index >= 15 is 0 Å². The van der Waals surface area contributed by atoms with Gasteiger partial charge in [-0.25, -0.2) is 0 Å². The molecule has 31 heavy (non-hydrogen) atoms. The van der Waals surface area contributed by atoms with Crippen molar-refractivity contribution in [2.24, 2.45) is 0 Å². The Labute approximate surface area is 198 Å². The fourth-order valence-corrected chi connectivity index (χ4v) is 18.0. The number of hydrogen-bond donors (Lipinski definition) is 0. The first kappa shape index (κ1) is 22.9. The molecule has 0 N–H and O–H groups in total. The summed E-state index contributed by atoms with van der Waals surface area (Å²) in [6.45, 7) is 0. The summed E-state index contributed by atoms with van der Waals surface area (Å²) >= 11 is -0.889. The van der Waals surface area contributed by atoms with Crippen LogP contribution in [-0.4, -0.2) is 19.5 Å². The van der Waals surface area contributed by atoms with Gasteiger partial charge in [0, 0.05) is 0 Å². The number of fused-ring (bicyclic) bond motifs is 1. The Bertz CT molecular complexity index is 1340. The molecule has 0 fully saturated rings. The number of hydrogen-bond acceptors (Lipinski definition) is 3. The quantitative estimate of drug-likeness (QED) is 0.239. The van der Waals surface area contributed by atoms with Crippen LogP contribution in [0.15, 0.2) is 70.5 Å². The summed E-state index contributed by atoms with van der Waals surface area (Å²) < 4.78 is 62.9. The second-order valence-electron chi connectivity index (χ2n) is 6.52. The molecule has 1 aliphatic rings. The maximum absolute atomic E-state index is 13.9. The molecule has 0 amide bonds. The van der Waals surface area contributed by atoms with Gasteiger partial charge in [-0.3, -0.25) is 0 Å². The Kier molecular flexibility index (Phi) is 6.90. The van der Waals surface area contributed by atoms with Gasteiger partial charge in [0.15, 0.2) is 0 Å². The van der Waals surface area contributed by atoms with Gasteiger partial charge in [0.2, 0.25) is 0 Å². The number of ether oxygens (including phenoxy) is 1. The molecule has 162 valence electrons. The molecule has 3 aromatic carbocycles. The molecule has 0 aromatic heterocycles. The van der Waals surface area contributed by atoms with Crippen molar-refractivity contribution in [2.45, 2.75) is 4.90 Å². The Hall–Kier alpha value is -1.23. The average Bonchev–Trinajstić information content (AvgIpc) is 2.97. The summed E-state index contributed by atoms with van der Waals surface area (Å²) in [5, 5.41) is 1.07. The van der Waals surface area contributed by atoms with Crippen LogP contribution >= 0.6 is 26.0 Å². The Morgan fingerprint density at radius 3 is 2.42 bits per heavy atom. The maximum atomic E-state index is 13.9. The average molecular weight is 683 g/mol. The van der Waals surface area contributed by atoms with Crippen LogP contribution in [-0.2, 0) is 9.84 Å². The van der Waals surface area contributed by atoms with Crippen molar-refractivity contribution in [1.82, 2.24) is 0 Å². The van der Waals surface area contributed by atoms with Gasteiger partial charge in [-0.05, 0) is 0 Å². The molecule has 0 spiro atoms. The standard InChI is InChI=1S/C22H16F2I2O3PS/c1-29-14-7-5-13(6-8-14)21-16-3-2-4-19(30)22(16)26-25-12-20(21)31(27,28)15-9-10-17(23)18(24)11-15/h2-12H,30H2,1H3/q-1. The predicted octanol–water partition coefficient (Wildman–Crippen LogP) is 1.67. The van der Waals surface area contributed by atoms with E-state index in [-0.39, 0.29) is 27.0 Å². The van der Waals surface area contributed by atoms with E-state index in [0.717, 1.165) is 34.6 Å². The molecule has 1 atom stereocenters. The second kappa shape index (κ2) is 9.33. The molecule has 3 aromatic rings. The van der Waals surface area contributed by atoms with Crippen LogP contribution in [0.1, 0.15) is 11.1 Å². The normalized spacial score (nSPS) is 14.2. The van der Waals surface area contributed by atoms with E-state index in [4.69, 9.17) is 4.74 Å². The number of sulfone groups is 1. The molecule has 1 heterocycles. The molecule has 0 saturated carbocycles. The Morgan fingerprint density at radius 1 is 1.00 bits per heavy atom. The first-order valence-electron chi connectivity index (χ1n) is 8.91. The molecular weight excluding hydrogens is 667 g/mol. The van der Waals surface area contributed by atoms with Crippen molar-refractivity contribution in [3.05, 3.63) is 91.9 Å². The zero-order valence-electron chi connectivity index (χ0n) is 16.1. The molecule has 1 unspecified atom stereocenters. The number of halogens is 4. The number of methoxy groups -OCH3 is 1. The second-order valence-corrected chi connectivity index (χ2v) is 17.5. The van der Waals surface area contributed by atoms with Gasteiger partial charge in [-0.15, -0.1) is 0 Å². The van der Waals surface area contributed by atoms with E-state index in [1.807, 2.05) is 34.3 Å². The first-order valence-corrected chi connectivity index (χ1v) is 19.6. The van der Waals surface area contributed by atoms with E-state index in [9.17, 15) is 17.2 Å². The summed E-state index contributed by atoms with van der Waals surface area (Å²) in [7, 11) is 0.243. The molecule has 0 bridgehead atoms. The van der Waals surface area contributed by atoms with E-state index in [1.54, 1.807) is 19.2 Å². The minimum absolute atomic E-state index is 0.158. The zero-order chi connectivity index (χ0) is 22.2. The van der Waals surface area contributed by atoms with Crippen molar-refractivity contribution in [1.29, 1.82) is 0 Å². The van der Waals surface area contributed by atoms with Crippen molar-refractivity contribution in [3.63, 3.8) is 0 Å². The fourth-order valence-electron chi connectivity index (χ4n) is 3.13. The molecule has 0 saturated heterocycles. The van der Waals surface area contributed by atoms with Gasteiger partial charge < -0.3 is 0 Å². The molecule has 3 nitrogen and oxygen atoms in total. The SMILES string of the molecule is COc1ccc(C2=C(S(=O)(=O)c3ccc(F)c(F)c3)C=I[I-]c3c(P)cccc32)cc1. The molecular formula is C22H16F2I2O3PS-.